The maximum Gasteiger partial charge on any atom is 0.237 e. The Hall–Kier alpha value is -0.650. The first-order chi connectivity index (χ1) is 8.78. The normalized spacial score (nSPS) is 20.9. The smallest absolute Gasteiger partial charge is 0.237 e. The molecule has 1 aliphatic rings. The number of ether oxygens (including phenoxy) is 1. The van der Waals surface area contributed by atoms with Crippen LogP contribution in [0.1, 0.15) is 34.6 Å². The first-order valence-electron chi connectivity index (χ1n) is 7.16. The van der Waals surface area contributed by atoms with E-state index in [9.17, 15) is 4.79 Å². The highest BCUT2D eigenvalue weighted by atomic mass is 16.5. The fourth-order valence-electron chi connectivity index (χ4n) is 2.20. The van der Waals surface area contributed by atoms with E-state index in [0.717, 1.165) is 32.8 Å². The Morgan fingerprint density at radius 1 is 1.26 bits per heavy atom. The van der Waals surface area contributed by atoms with Crippen LogP contribution in [-0.4, -0.2) is 61.3 Å². The second kappa shape index (κ2) is 7.22. The second-order valence-electron chi connectivity index (χ2n) is 6.44. The molecule has 0 radical (unpaired) electrons. The van der Waals surface area contributed by atoms with Crippen molar-refractivity contribution in [3.05, 3.63) is 0 Å². The predicted molar refractivity (Wildman–Crippen MR) is 77.2 cm³/mol. The lowest BCUT2D eigenvalue weighted by molar-refractivity contribution is -0.124. The minimum absolute atomic E-state index is 0.0568. The molecular weight excluding hydrogens is 242 g/mol. The fraction of sp³-hybridized carbons (Fsp3) is 0.929. The van der Waals surface area contributed by atoms with E-state index < -0.39 is 0 Å². The van der Waals surface area contributed by atoms with Gasteiger partial charge in [0.1, 0.15) is 0 Å². The van der Waals surface area contributed by atoms with Crippen molar-refractivity contribution in [2.45, 2.75) is 52.2 Å². The van der Waals surface area contributed by atoms with Gasteiger partial charge in [-0.3, -0.25) is 9.69 Å². The van der Waals surface area contributed by atoms with Gasteiger partial charge in [0.25, 0.3) is 0 Å². The number of carbonyl (C=O) groups is 1. The van der Waals surface area contributed by atoms with Gasteiger partial charge in [-0.1, -0.05) is 0 Å². The molecule has 0 spiro atoms. The van der Waals surface area contributed by atoms with Crippen molar-refractivity contribution < 1.29 is 9.53 Å². The zero-order valence-electron chi connectivity index (χ0n) is 13.0. The van der Waals surface area contributed by atoms with Gasteiger partial charge in [0, 0.05) is 31.2 Å². The molecule has 1 aliphatic heterocycles. The molecule has 0 saturated carbocycles. The van der Waals surface area contributed by atoms with Gasteiger partial charge < -0.3 is 15.4 Å². The zero-order chi connectivity index (χ0) is 14.5. The van der Waals surface area contributed by atoms with E-state index in [1.165, 1.54) is 0 Å². The molecule has 0 aliphatic carbocycles. The molecule has 1 heterocycles. The quantitative estimate of drug-likeness (QED) is 0.769. The number of hydrogen-bond donors (Lipinski definition) is 2. The molecule has 0 bridgehead atoms. The van der Waals surface area contributed by atoms with Gasteiger partial charge in [0.2, 0.25) is 5.91 Å². The maximum atomic E-state index is 12.0. The number of amides is 1. The summed E-state index contributed by atoms with van der Waals surface area (Å²) in [7, 11) is 0. The third kappa shape index (κ3) is 6.89. The van der Waals surface area contributed by atoms with Crippen molar-refractivity contribution >= 4 is 5.91 Å². The van der Waals surface area contributed by atoms with E-state index >= 15 is 0 Å². The minimum atomic E-state index is -0.180. The van der Waals surface area contributed by atoms with E-state index in [2.05, 4.69) is 22.5 Å². The van der Waals surface area contributed by atoms with Crippen LogP contribution < -0.4 is 10.6 Å². The Kier molecular flexibility index (Phi) is 6.23. The first kappa shape index (κ1) is 16.4. The van der Waals surface area contributed by atoms with Gasteiger partial charge in [-0.2, -0.15) is 0 Å². The summed E-state index contributed by atoms with van der Waals surface area (Å²) in [4.78, 5) is 14.3. The van der Waals surface area contributed by atoms with Crippen LogP contribution in [0.3, 0.4) is 0 Å². The number of nitrogens with zero attached hydrogens (tertiary/aromatic N) is 1. The average molecular weight is 271 g/mol. The van der Waals surface area contributed by atoms with Crippen LogP contribution in [0.4, 0.5) is 0 Å². The van der Waals surface area contributed by atoms with Gasteiger partial charge in [0.05, 0.1) is 19.3 Å². The molecule has 0 aromatic carbocycles. The van der Waals surface area contributed by atoms with E-state index in [1.54, 1.807) is 0 Å². The van der Waals surface area contributed by atoms with Crippen LogP contribution >= 0.6 is 0 Å². The minimum Gasteiger partial charge on any atom is -0.379 e. The van der Waals surface area contributed by atoms with Crippen LogP contribution in [0, 0.1) is 0 Å². The van der Waals surface area contributed by atoms with E-state index in [1.807, 2.05) is 27.7 Å². The first-order valence-corrected chi connectivity index (χ1v) is 7.16. The number of rotatable bonds is 5. The van der Waals surface area contributed by atoms with Gasteiger partial charge in [-0.15, -0.1) is 0 Å². The molecule has 2 N–H and O–H groups in total. The molecule has 1 amide bonds. The van der Waals surface area contributed by atoms with Crippen molar-refractivity contribution in [3.63, 3.8) is 0 Å². The summed E-state index contributed by atoms with van der Waals surface area (Å²) in [5.41, 5.74) is -0.180. The number of hydrogen-bond acceptors (Lipinski definition) is 4. The van der Waals surface area contributed by atoms with Crippen LogP contribution in [0.2, 0.25) is 0 Å². The molecule has 1 saturated heterocycles. The molecule has 0 aromatic rings. The van der Waals surface area contributed by atoms with Crippen molar-refractivity contribution in [1.29, 1.82) is 0 Å². The Morgan fingerprint density at radius 2 is 1.84 bits per heavy atom. The molecule has 5 nitrogen and oxygen atoms in total. The van der Waals surface area contributed by atoms with Crippen molar-refractivity contribution in [1.82, 2.24) is 15.5 Å². The predicted octanol–water partition coefficient (Wildman–Crippen LogP) is 0.600. The molecule has 5 heteroatoms. The molecule has 19 heavy (non-hydrogen) atoms. The summed E-state index contributed by atoms with van der Waals surface area (Å²) >= 11 is 0. The van der Waals surface area contributed by atoms with Crippen LogP contribution in [0.15, 0.2) is 0 Å². The largest absolute Gasteiger partial charge is 0.379 e. The molecule has 2 unspecified atom stereocenters. The van der Waals surface area contributed by atoms with Crippen LogP contribution in [-0.2, 0) is 9.53 Å². The molecular formula is C14H29N3O2. The van der Waals surface area contributed by atoms with E-state index in [0.29, 0.717) is 6.04 Å². The number of morpholine rings is 1. The maximum absolute atomic E-state index is 12.0. The standard InChI is InChI=1S/C14H29N3O2/c1-11(10-17-6-8-19-9-7-17)15-12(2)13(18)16-14(3,4)5/h11-12,15H,6-10H2,1-5H3,(H,16,18). The Balaban J connectivity index is 2.30. The summed E-state index contributed by atoms with van der Waals surface area (Å²) in [5.74, 6) is 0.0568. The molecule has 2 atom stereocenters. The summed E-state index contributed by atoms with van der Waals surface area (Å²) in [6, 6.07) is 0.120. The average Bonchev–Trinajstić information content (AvgIpc) is 2.27. The fourth-order valence-corrected chi connectivity index (χ4v) is 2.20. The molecule has 112 valence electrons. The molecule has 1 fully saturated rings. The number of nitrogens with one attached hydrogen (secondary N) is 2. The highest BCUT2D eigenvalue weighted by Gasteiger charge is 2.21. The zero-order valence-corrected chi connectivity index (χ0v) is 13.0. The Morgan fingerprint density at radius 3 is 2.37 bits per heavy atom. The molecule has 1 rings (SSSR count). The highest BCUT2D eigenvalue weighted by molar-refractivity contribution is 5.81. The topological polar surface area (TPSA) is 53.6 Å². The van der Waals surface area contributed by atoms with E-state index in [-0.39, 0.29) is 17.5 Å². The third-order valence-corrected chi connectivity index (χ3v) is 3.06. The lowest BCUT2D eigenvalue weighted by Crippen LogP contribution is -2.53. The van der Waals surface area contributed by atoms with Crippen molar-refractivity contribution in [2.24, 2.45) is 0 Å². The second-order valence-corrected chi connectivity index (χ2v) is 6.44. The van der Waals surface area contributed by atoms with Gasteiger partial charge in [-0.25, -0.2) is 0 Å². The van der Waals surface area contributed by atoms with Crippen LogP contribution in [0.25, 0.3) is 0 Å². The monoisotopic (exact) mass is 271 g/mol. The summed E-state index contributed by atoms with van der Waals surface area (Å²) in [6.45, 7) is 14.6. The third-order valence-electron chi connectivity index (χ3n) is 3.06. The summed E-state index contributed by atoms with van der Waals surface area (Å²) < 4.78 is 5.33. The van der Waals surface area contributed by atoms with Gasteiger partial charge >= 0.3 is 0 Å². The SMILES string of the molecule is CC(CN1CCOCC1)NC(C)C(=O)NC(C)(C)C. The van der Waals surface area contributed by atoms with E-state index in [4.69, 9.17) is 4.74 Å². The Labute approximate surface area is 117 Å². The van der Waals surface area contributed by atoms with Crippen molar-refractivity contribution in [3.8, 4) is 0 Å². The lowest BCUT2D eigenvalue weighted by Gasteiger charge is -2.31. The van der Waals surface area contributed by atoms with Crippen molar-refractivity contribution in [2.75, 3.05) is 32.8 Å². The summed E-state index contributed by atoms with van der Waals surface area (Å²) in [6.07, 6.45) is 0. The van der Waals surface area contributed by atoms with Gasteiger partial charge in [0.15, 0.2) is 0 Å². The highest BCUT2D eigenvalue weighted by Crippen LogP contribution is 2.02. The lowest BCUT2D eigenvalue weighted by atomic mass is 10.1. The Bertz CT molecular complexity index is 283. The van der Waals surface area contributed by atoms with Crippen LogP contribution in [0.5, 0.6) is 0 Å². The summed E-state index contributed by atoms with van der Waals surface area (Å²) in [5, 5.41) is 6.35. The number of carbonyl (C=O) groups excluding carboxylic acids is 1. The van der Waals surface area contributed by atoms with Gasteiger partial charge in [-0.05, 0) is 34.6 Å². The molecule has 0 aromatic heterocycles.